The SMILES string of the molecule is CO[C@@]1(NC(=O)Cc2cc3ccccc3s2)C(=O)N2C(C(=O)[O-])=C(COC(C)=O)CS[C@@H]21.[Na+]. The second-order valence-electron chi connectivity index (χ2n) is 7.27. The first-order chi connectivity index (χ1) is 15.3. The van der Waals surface area contributed by atoms with Gasteiger partial charge in [-0.1, -0.05) is 18.2 Å². The number of ether oxygens (including phenoxy) is 2. The Labute approximate surface area is 219 Å². The molecule has 2 atom stereocenters. The van der Waals surface area contributed by atoms with Crippen molar-refractivity contribution in [2.24, 2.45) is 0 Å². The molecule has 1 saturated heterocycles. The zero-order valence-corrected chi connectivity index (χ0v) is 21.8. The van der Waals surface area contributed by atoms with Gasteiger partial charge < -0.3 is 24.7 Å². The van der Waals surface area contributed by atoms with Crippen LogP contribution in [0.25, 0.3) is 10.1 Å². The van der Waals surface area contributed by atoms with Gasteiger partial charge in [0, 0.05) is 34.9 Å². The summed E-state index contributed by atoms with van der Waals surface area (Å²) in [6.07, 6.45) is 0.0516. The van der Waals surface area contributed by atoms with Gasteiger partial charge in [-0.2, -0.15) is 0 Å². The molecular formula is C21H19N2NaO7S2. The van der Waals surface area contributed by atoms with Crippen molar-refractivity contribution in [3.8, 4) is 0 Å². The summed E-state index contributed by atoms with van der Waals surface area (Å²) < 4.78 is 11.4. The number of rotatable bonds is 7. The number of carbonyl (C=O) groups is 4. The average molecular weight is 499 g/mol. The number of hydrogen-bond donors (Lipinski definition) is 1. The van der Waals surface area contributed by atoms with Crippen molar-refractivity contribution < 1.29 is 63.3 Å². The molecule has 3 heterocycles. The van der Waals surface area contributed by atoms with Gasteiger partial charge in [-0.3, -0.25) is 19.3 Å². The van der Waals surface area contributed by atoms with Crippen LogP contribution in [0.5, 0.6) is 0 Å². The van der Waals surface area contributed by atoms with Crippen molar-refractivity contribution >= 4 is 56.9 Å². The van der Waals surface area contributed by atoms with Gasteiger partial charge in [-0.25, -0.2) is 0 Å². The summed E-state index contributed by atoms with van der Waals surface area (Å²) in [5.41, 5.74) is -1.80. The minimum Gasteiger partial charge on any atom is -0.543 e. The fourth-order valence-electron chi connectivity index (χ4n) is 3.77. The zero-order chi connectivity index (χ0) is 23.0. The van der Waals surface area contributed by atoms with Gasteiger partial charge in [0.05, 0.1) is 18.1 Å². The molecule has 1 fully saturated rings. The molecular weight excluding hydrogens is 479 g/mol. The fourth-order valence-corrected chi connectivity index (χ4v) is 6.25. The number of aliphatic carboxylic acids is 1. The Balaban J connectivity index is 0.00000306. The Kier molecular flexibility index (Phi) is 7.92. The van der Waals surface area contributed by atoms with Gasteiger partial charge in [0.2, 0.25) is 5.91 Å². The number of carbonyl (C=O) groups excluding carboxylic acids is 4. The molecule has 1 N–H and O–H groups in total. The normalized spacial score (nSPS) is 21.7. The van der Waals surface area contributed by atoms with E-state index in [9.17, 15) is 24.3 Å². The van der Waals surface area contributed by atoms with E-state index in [4.69, 9.17) is 9.47 Å². The van der Waals surface area contributed by atoms with Crippen molar-refractivity contribution in [2.75, 3.05) is 19.5 Å². The molecule has 1 aromatic heterocycles. The second-order valence-corrected chi connectivity index (χ2v) is 9.51. The molecule has 9 nitrogen and oxygen atoms in total. The van der Waals surface area contributed by atoms with Crippen LogP contribution in [-0.2, 0) is 35.1 Å². The molecule has 0 unspecified atom stereocenters. The maximum Gasteiger partial charge on any atom is 1.00 e. The van der Waals surface area contributed by atoms with Crippen molar-refractivity contribution in [3.63, 3.8) is 0 Å². The number of β-lactam (4-membered cyclic amide) rings is 1. The Morgan fingerprint density at radius 1 is 1.30 bits per heavy atom. The number of thioether (sulfide) groups is 1. The van der Waals surface area contributed by atoms with Crippen LogP contribution in [0, 0.1) is 0 Å². The summed E-state index contributed by atoms with van der Waals surface area (Å²) in [7, 11) is 1.28. The van der Waals surface area contributed by atoms with Crippen molar-refractivity contribution in [1.29, 1.82) is 0 Å². The maximum atomic E-state index is 13.0. The number of carboxylic acids is 1. The van der Waals surface area contributed by atoms with Crippen LogP contribution >= 0.6 is 23.1 Å². The van der Waals surface area contributed by atoms with Crippen LogP contribution in [-0.4, -0.2) is 59.2 Å². The number of nitrogens with zero attached hydrogens (tertiary/aromatic N) is 1. The third-order valence-corrected chi connectivity index (χ3v) is 7.70. The summed E-state index contributed by atoms with van der Waals surface area (Å²) >= 11 is 2.69. The Hall–Kier alpha value is -1.89. The molecule has 168 valence electrons. The van der Waals surface area contributed by atoms with Gasteiger partial charge >= 0.3 is 35.5 Å². The third kappa shape index (κ3) is 4.71. The number of carboxylic acid groups (broad SMARTS) is 1. The Morgan fingerprint density at radius 2 is 2.03 bits per heavy atom. The van der Waals surface area contributed by atoms with E-state index in [1.165, 1.54) is 37.1 Å². The second kappa shape index (κ2) is 10.2. The summed E-state index contributed by atoms with van der Waals surface area (Å²) in [4.78, 5) is 50.5. The van der Waals surface area contributed by atoms with Gasteiger partial charge in [0.15, 0.2) is 0 Å². The molecule has 1 aromatic carbocycles. The molecule has 0 saturated carbocycles. The van der Waals surface area contributed by atoms with Crippen molar-refractivity contribution in [3.05, 3.63) is 46.5 Å². The number of hydrogen-bond acceptors (Lipinski definition) is 9. The summed E-state index contributed by atoms with van der Waals surface area (Å²) in [6.45, 7) is 0.940. The third-order valence-electron chi connectivity index (χ3n) is 5.21. The van der Waals surface area contributed by atoms with E-state index in [-0.39, 0.29) is 59.6 Å². The number of methoxy groups -OCH3 is 1. The fraction of sp³-hybridized carbons (Fsp3) is 0.333. The van der Waals surface area contributed by atoms with E-state index >= 15 is 0 Å². The van der Waals surface area contributed by atoms with E-state index in [1.54, 1.807) is 0 Å². The number of thiophene rings is 1. The van der Waals surface area contributed by atoms with E-state index in [0.29, 0.717) is 0 Å². The van der Waals surface area contributed by atoms with E-state index in [1.807, 2.05) is 30.3 Å². The maximum absolute atomic E-state index is 13.0. The van der Waals surface area contributed by atoms with Gasteiger partial charge in [-0.05, 0) is 17.5 Å². The van der Waals surface area contributed by atoms with E-state index in [0.717, 1.165) is 19.9 Å². The first-order valence-electron chi connectivity index (χ1n) is 9.62. The van der Waals surface area contributed by atoms with Crippen LogP contribution < -0.4 is 40.0 Å². The zero-order valence-electron chi connectivity index (χ0n) is 18.2. The minimum absolute atomic E-state index is 0. The molecule has 0 bridgehead atoms. The van der Waals surface area contributed by atoms with Crippen LogP contribution in [0.1, 0.15) is 11.8 Å². The smallest absolute Gasteiger partial charge is 0.543 e. The van der Waals surface area contributed by atoms with Crippen LogP contribution in [0.15, 0.2) is 41.6 Å². The molecule has 33 heavy (non-hydrogen) atoms. The predicted octanol–water partition coefficient (Wildman–Crippen LogP) is -2.61. The molecule has 2 aromatic rings. The molecule has 0 aliphatic carbocycles. The summed E-state index contributed by atoms with van der Waals surface area (Å²) in [6, 6.07) is 9.67. The van der Waals surface area contributed by atoms with Gasteiger partial charge in [0.25, 0.3) is 11.6 Å². The van der Waals surface area contributed by atoms with Crippen molar-refractivity contribution in [2.45, 2.75) is 24.4 Å². The molecule has 2 amide bonds. The van der Waals surface area contributed by atoms with E-state index < -0.39 is 34.9 Å². The average Bonchev–Trinajstić information content (AvgIpc) is 3.16. The summed E-state index contributed by atoms with van der Waals surface area (Å²) in [5.74, 6) is -3.11. The first-order valence-corrected chi connectivity index (χ1v) is 11.5. The Bertz CT molecular complexity index is 1130. The summed E-state index contributed by atoms with van der Waals surface area (Å²) in [5, 5.41) is 14.6. The molecule has 4 rings (SSSR count). The van der Waals surface area contributed by atoms with E-state index in [2.05, 4.69) is 5.32 Å². The number of fused-ring (bicyclic) bond motifs is 2. The largest absolute Gasteiger partial charge is 1.00 e. The monoisotopic (exact) mass is 498 g/mol. The first kappa shape index (κ1) is 25.7. The molecule has 2 aliphatic heterocycles. The quantitative estimate of drug-likeness (QED) is 0.191. The van der Waals surface area contributed by atoms with Crippen LogP contribution in [0.4, 0.5) is 0 Å². The number of benzene rings is 1. The molecule has 2 aliphatic rings. The molecule has 12 heteroatoms. The number of esters is 1. The molecule has 0 spiro atoms. The van der Waals surface area contributed by atoms with Crippen LogP contribution in [0.2, 0.25) is 0 Å². The minimum atomic E-state index is -1.69. The standard InChI is InChI=1S/C21H20N2O7S2.Na/c1-11(24)30-9-13-10-31-20-21(29-2,19(28)23(20)17(13)18(26)27)22-16(25)8-14-7-12-5-3-4-6-15(12)32-14;/h3-7,20H,8-10H2,1-2H3,(H,22,25)(H,26,27);/q;+1/p-1/t20-,21+;/m1./s1. The predicted molar refractivity (Wildman–Crippen MR) is 115 cm³/mol. The Morgan fingerprint density at radius 3 is 2.67 bits per heavy atom. The topological polar surface area (TPSA) is 125 Å². The number of nitrogens with one attached hydrogen (secondary N) is 1. The van der Waals surface area contributed by atoms with Crippen LogP contribution in [0.3, 0.4) is 0 Å². The molecule has 0 radical (unpaired) electrons. The van der Waals surface area contributed by atoms with Crippen molar-refractivity contribution in [1.82, 2.24) is 10.2 Å². The number of amides is 2. The van der Waals surface area contributed by atoms with Gasteiger partial charge in [-0.15, -0.1) is 23.1 Å². The van der Waals surface area contributed by atoms with Gasteiger partial charge in [0.1, 0.15) is 12.0 Å².